The van der Waals surface area contributed by atoms with Crippen molar-refractivity contribution < 1.29 is 23.8 Å². The van der Waals surface area contributed by atoms with E-state index in [-0.39, 0.29) is 13.3 Å². The molecule has 0 aromatic heterocycles. The number of hydrogen-bond acceptors (Lipinski definition) is 6. The average molecular weight is 390 g/mol. The van der Waals surface area contributed by atoms with Gasteiger partial charge in [-0.2, -0.15) is 5.10 Å². The molecule has 3 rings (SSSR count). The van der Waals surface area contributed by atoms with Crippen molar-refractivity contribution in [3.8, 4) is 17.2 Å². The molecular formula is C18H16ClN3O5. The molecule has 1 aliphatic heterocycles. The topological polar surface area (TPSA) is 98.2 Å². The van der Waals surface area contributed by atoms with Gasteiger partial charge in [0.05, 0.1) is 19.9 Å². The summed E-state index contributed by atoms with van der Waals surface area (Å²) in [7, 11) is 1.52. The highest BCUT2D eigenvalue weighted by Gasteiger charge is 2.16. The van der Waals surface area contributed by atoms with Crippen LogP contribution in [0.25, 0.3) is 0 Å². The van der Waals surface area contributed by atoms with Crippen LogP contribution in [-0.4, -0.2) is 38.5 Å². The Morgan fingerprint density at radius 2 is 2.04 bits per heavy atom. The first-order valence-corrected chi connectivity index (χ1v) is 8.28. The molecular weight excluding hydrogens is 374 g/mol. The van der Waals surface area contributed by atoms with E-state index in [0.717, 1.165) is 0 Å². The second-order valence-electron chi connectivity index (χ2n) is 5.43. The largest absolute Gasteiger partial charge is 0.496 e. The molecule has 0 spiro atoms. The van der Waals surface area contributed by atoms with E-state index in [0.29, 0.717) is 33.4 Å². The minimum Gasteiger partial charge on any atom is -0.496 e. The van der Waals surface area contributed by atoms with Crippen LogP contribution in [0.15, 0.2) is 41.5 Å². The van der Waals surface area contributed by atoms with E-state index < -0.39 is 11.8 Å². The Kier molecular flexibility index (Phi) is 5.77. The second-order valence-corrected chi connectivity index (χ2v) is 5.87. The van der Waals surface area contributed by atoms with Gasteiger partial charge in [0.15, 0.2) is 11.5 Å². The number of methoxy groups -OCH3 is 1. The average Bonchev–Trinajstić information content (AvgIpc) is 3.14. The van der Waals surface area contributed by atoms with Crippen LogP contribution in [0.4, 0.5) is 0 Å². The van der Waals surface area contributed by atoms with Crippen molar-refractivity contribution in [2.45, 2.75) is 0 Å². The lowest BCUT2D eigenvalue weighted by molar-refractivity contribution is -0.120. The fourth-order valence-corrected chi connectivity index (χ4v) is 2.50. The predicted molar refractivity (Wildman–Crippen MR) is 98.6 cm³/mol. The van der Waals surface area contributed by atoms with Crippen molar-refractivity contribution >= 4 is 29.6 Å². The van der Waals surface area contributed by atoms with Gasteiger partial charge in [-0.15, -0.1) is 0 Å². The smallest absolute Gasteiger partial charge is 0.259 e. The van der Waals surface area contributed by atoms with E-state index in [1.54, 1.807) is 36.4 Å². The van der Waals surface area contributed by atoms with Crippen LogP contribution in [0.5, 0.6) is 17.2 Å². The first-order valence-electron chi connectivity index (χ1n) is 7.90. The van der Waals surface area contributed by atoms with Crippen LogP contribution in [0.3, 0.4) is 0 Å². The lowest BCUT2D eigenvalue weighted by Crippen LogP contribution is -2.34. The van der Waals surface area contributed by atoms with Gasteiger partial charge in [0, 0.05) is 16.1 Å². The van der Waals surface area contributed by atoms with Crippen molar-refractivity contribution in [3.63, 3.8) is 0 Å². The quantitative estimate of drug-likeness (QED) is 0.581. The number of nitrogens with zero attached hydrogens (tertiary/aromatic N) is 1. The molecule has 2 N–H and O–H groups in total. The van der Waals surface area contributed by atoms with Gasteiger partial charge in [0.2, 0.25) is 6.79 Å². The molecule has 9 heteroatoms. The van der Waals surface area contributed by atoms with Gasteiger partial charge in [-0.05, 0) is 36.4 Å². The molecule has 1 aliphatic rings. The molecule has 0 radical (unpaired) electrons. The second kappa shape index (κ2) is 8.41. The van der Waals surface area contributed by atoms with Crippen molar-refractivity contribution in [2.24, 2.45) is 5.10 Å². The molecule has 0 fully saturated rings. The summed E-state index contributed by atoms with van der Waals surface area (Å²) in [5.41, 5.74) is 3.29. The zero-order chi connectivity index (χ0) is 19.2. The van der Waals surface area contributed by atoms with Gasteiger partial charge in [0.25, 0.3) is 11.8 Å². The maximum absolute atomic E-state index is 12.1. The number of ether oxygens (including phenoxy) is 3. The maximum atomic E-state index is 12.1. The number of rotatable bonds is 6. The van der Waals surface area contributed by atoms with E-state index in [9.17, 15) is 9.59 Å². The number of fused-ring (bicyclic) bond motifs is 1. The number of benzene rings is 2. The Bertz CT molecular complexity index is 901. The molecule has 2 amide bonds. The Labute approximate surface area is 160 Å². The van der Waals surface area contributed by atoms with E-state index in [4.69, 9.17) is 25.8 Å². The fraction of sp³-hybridized carbons (Fsp3) is 0.167. The normalized spacial score (nSPS) is 12.1. The molecule has 2 aromatic carbocycles. The molecule has 0 aliphatic carbocycles. The lowest BCUT2D eigenvalue weighted by atomic mass is 10.2. The third kappa shape index (κ3) is 4.68. The summed E-state index contributed by atoms with van der Waals surface area (Å²) in [6, 6.07) is 9.81. The van der Waals surface area contributed by atoms with Gasteiger partial charge in [-0.25, -0.2) is 5.43 Å². The van der Waals surface area contributed by atoms with E-state index in [1.807, 2.05) is 0 Å². The highest BCUT2D eigenvalue weighted by Crippen LogP contribution is 2.32. The number of carbonyl (C=O) groups excluding carboxylic acids is 2. The summed E-state index contributed by atoms with van der Waals surface area (Å²) in [4.78, 5) is 23.9. The van der Waals surface area contributed by atoms with E-state index in [2.05, 4.69) is 15.8 Å². The number of amides is 2. The molecule has 0 bridgehead atoms. The number of hydrazone groups is 1. The third-order valence-electron chi connectivity index (χ3n) is 3.63. The van der Waals surface area contributed by atoms with Crippen LogP contribution in [0.2, 0.25) is 5.02 Å². The fourth-order valence-electron chi connectivity index (χ4n) is 2.32. The minimum absolute atomic E-state index is 0.123. The first-order chi connectivity index (χ1) is 13.1. The standard InChI is InChI=1S/C18H16ClN3O5/c1-25-14-5-3-13(19)6-12(14)8-21-22-17(23)9-20-18(24)11-2-4-15-16(7-11)27-10-26-15/h2-8H,9-10H2,1H3,(H,20,24)(H,22,23)/b21-8+. The lowest BCUT2D eigenvalue weighted by Gasteiger charge is -2.06. The summed E-state index contributed by atoms with van der Waals surface area (Å²) in [6.45, 7) is -0.116. The van der Waals surface area contributed by atoms with Crippen LogP contribution in [-0.2, 0) is 4.79 Å². The minimum atomic E-state index is -0.485. The van der Waals surface area contributed by atoms with E-state index in [1.165, 1.54) is 13.3 Å². The zero-order valence-corrected chi connectivity index (χ0v) is 15.1. The Hall–Kier alpha value is -3.26. The zero-order valence-electron chi connectivity index (χ0n) is 14.3. The Balaban J connectivity index is 1.51. The van der Waals surface area contributed by atoms with Gasteiger partial charge in [-0.1, -0.05) is 11.6 Å². The monoisotopic (exact) mass is 389 g/mol. The van der Waals surface area contributed by atoms with Crippen LogP contribution in [0, 0.1) is 0 Å². The summed E-state index contributed by atoms with van der Waals surface area (Å²) in [5.74, 6) is 0.737. The number of carbonyl (C=O) groups is 2. The summed E-state index contributed by atoms with van der Waals surface area (Å²) >= 11 is 5.92. The molecule has 0 unspecified atom stereocenters. The summed E-state index contributed by atoms with van der Waals surface area (Å²) < 4.78 is 15.6. The highest BCUT2D eigenvalue weighted by atomic mass is 35.5. The Morgan fingerprint density at radius 1 is 1.22 bits per heavy atom. The number of nitrogens with one attached hydrogen (secondary N) is 2. The molecule has 1 heterocycles. The van der Waals surface area contributed by atoms with Crippen molar-refractivity contribution in [1.29, 1.82) is 0 Å². The van der Waals surface area contributed by atoms with Crippen LogP contribution < -0.4 is 25.0 Å². The molecule has 0 saturated carbocycles. The van der Waals surface area contributed by atoms with Gasteiger partial charge in [-0.3, -0.25) is 9.59 Å². The van der Waals surface area contributed by atoms with Crippen molar-refractivity contribution in [2.75, 3.05) is 20.4 Å². The Morgan fingerprint density at radius 3 is 2.85 bits per heavy atom. The SMILES string of the molecule is COc1ccc(Cl)cc1/C=N/NC(=O)CNC(=O)c1ccc2c(c1)OCO2. The molecule has 27 heavy (non-hydrogen) atoms. The van der Waals surface area contributed by atoms with Crippen LogP contribution >= 0.6 is 11.6 Å². The van der Waals surface area contributed by atoms with E-state index >= 15 is 0 Å². The highest BCUT2D eigenvalue weighted by molar-refractivity contribution is 6.30. The third-order valence-corrected chi connectivity index (χ3v) is 3.86. The van der Waals surface area contributed by atoms with Crippen molar-refractivity contribution in [1.82, 2.24) is 10.7 Å². The van der Waals surface area contributed by atoms with Crippen molar-refractivity contribution in [3.05, 3.63) is 52.5 Å². The van der Waals surface area contributed by atoms with Crippen LogP contribution in [0.1, 0.15) is 15.9 Å². The maximum Gasteiger partial charge on any atom is 0.259 e. The summed E-state index contributed by atoms with van der Waals surface area (Å²) in [6.07, 6.45) is 1.41. The summed E-state index contributed by atoms with van der Waals surface area (Å²) in [5, 5.41) is 6.85. The molecule has 0 saturated heterocycles. The number of hydrogen-bond donors (Lipinski definition) is 2. The molecule has 140 valence electrons. The molecule has 2 aromatic rings. The predicted octanol–water partition coefficient (Wildman–Crippen LogP) is 1.96. The number of halogens is 1. The first kappa shape index (κ1) is 18.5. The van der Waals surface area contributed by atoms with Gasteiger partial charge < -0.3 is 19.5 Å². The van der Waals surface area contributed by atoms with Gasteiger partial charge >= 0.3 is 0 Å². The molecule has 0 atom stereocenters. The molecule has 8 nitrogen and oxygen atoms in total. The van der Waals surface area contributed by atoms with Gasteiger partial charge in [0.1, 0.15) is 5.75 Å².